The van der Waals surface area contributed by atoms with Crippen LogP contribution >= 0.6 is 11.8 Å². The highest BCUT2D eigenvalue weighted by molar-refractivity contribution is 7.99. The first-order valence-corrected chi connectivity index (χ1v) is 8.89. The highest BCUT2D eigenvalue weighted by Crippen LogP contribution is 2.29. The normalized spacial score (nSPS) is 20.0. The summed E-state index contributed by atoms with van der Waals surface area (Å²) in [6.07, 6.45) is 0.524. The van der Waals surface area contributed by atoms with E-state index in [4.69, 9.17) is 4.42 Å². The van der Waals surface area contributed by atoms with Crippen LogP contribution < -0.4 is 10.6 Å². The van der Waals surface area contributed by atoms with Crippen LogP contribution in [-0.2, 0) is 4.79 Å². The van der Waals surface area contributed by atoms with Gasteiger partial charge in [-0.1, -0.05) is 18.2 Å². The number of carbonyl (C=O) groups excluding carboxylic acids is 1. The lowest BCUT2D eigenvalue weighted by molar-refractivity contribution is -0.122. The van der Waals surface area contributed by atoms with E-state index >= 15 is 0 Å². The van der Waals surface area contributed by atoms with Gasteiger partial charge in [0, 0.05) is 41.5 Å². The van der Waals surface area contributed by atoms with Gasteiger partial charge in [-0.15, -0.1) is 0 Å². The van der Waals surface area contributed by atoms with Crippen LogP contribution in [0.1, 0.15) is 30.7 Å². The van der Waals surface area contributed by atoms with Crippen molar-refractivity contribution in [1.82, 2.24) is 10.6 Å². The van der Waals surface area contributed by atoms with E-state index in [2.05, 4.69) is 16.7 Å². The highest BCUT2D eigenvalue weighted by atomic mass is 32.2. The maximum atomic E-state index is 12.2. The molecule has 2 atom stereocenters. The Morgan fingerprint density at radius 3 is 3.05 bits per heavy atom. The Hall–Kier alpha value is -1.46. The summed E-state index contributed by atoms with van der Waals surface area (Å²) >= 11 is 1.90. The van der Waals surface area contributed by atoms with Crippen molar-refractivity contribution in [2.45, 2.75) is 32.4 Å². The number of nitrogens with one attached hydrogen (secondary N) is 2. The van der Waals surface area contributed by atoms with E-state index in [0.717, 1.165) is 40.3 Å². The van der Waals surface area contributed by atoms with E-state index in [1.165, 1.54) is 0 Å². The molecule has 1 saturated heterocycles. The summed E-state index contributed by atoms with van der Waals surface area (Å²) in [5, 5.41) is 7.57. The van der Waals surface area contributed by atoms with Gasteiger partial charge >= 0.3 is 0 Å². The third-order valence-electron chi connectivity index (χ3n) is 4.08. The van der Waals surface area contributed by atoms with Crippen molar-refractivity contribution in [1.29, 1.82) is 0 Å². The zero-order chi connectivity index (χ0) is 15.5. The summed E-state index contributed by atoms with van der Waals surface area (Å²) in [5.41, 5.74) is 1.98. The van der Waals surface area contributed by atoms with Gasteiger partial charge in [0.05, 0.1) is 6.04 Å². The van der Waals surface area contributed by atoms with Crippen LogP contribution in [0.2, 0.25) is 0 Å². The number of benzene rings is 1. The second kappa shape index (κ2) is 6.75. The number of thioether (sulfide) groups is 1. The largest absolute Gasteiger partial charge is 0.459 e. The highest BCUT2D eigenvalue weighted by Gasteiger charge is 2.21. The minimum atomic E-state index is -0.115. The molecule has 118 valence electrons. The molecule has 1 aromatic heterocycles. The Morgan fingerprint density at radius 2 is 2.32 bits per heavy atom. The Labute approximate surface area is 135 Å². The van der Waals surface area contributed by atoms with E-state index < -0.39 is 0 Å². The summed E-state index contributed by atoms with van der Waals surface area (Å²) in [6.45, 7) is 5.01. The third kappa shape index (κ3) is 3.31. The average molecular weight is 318 g/mol. The van der Waals surface area contributed by atoms with Gasteiger partial charge in [-0.25, -0.2) is 0 Å². The third-order valence-corrected chi connectivity index (χ3v) is 5.21. The molecule has 2 unspecified atom stereocenters. The topological polar surface area (TPSA) is 54.3 Å². The van der Waals surface area contributed by atoms with Crippen molar-refractivity contribution in [2.24, 2.45) is 0 Å². The number of aryl methyl sites for hydroxylation is 1. The summed E-state index contributed by atoms with van der Waals surface area (Å²) < 4.78 is 5.92. The maximum Gasteiger partial charge on any atom is 0.222 e. The van der Waals surface area contributed by atoms with Gasteiger partial charge in [-0.3, -0.25) is 4.79 Å². The first-order chi connectivity index (χ1) is 10.6. The second-order valence-electron chi connectivity index (χ2n) is 5.81. The fourth-order valence-electron chi connectivity index (χ4n) is 2.95. The molecule has 5 heteroatoms. The van der Waals surface area contributed by atoms with Gasteiger partial charge in [0.1, 0.15) is 11.3 Å². The van der Waals surface area contributed by atoms with Crippen molar-refractivity contribution in [2.75, 3.05) is 18.1 Å². The van der Waals surface area contributed by atoms with Crippen molar-refractivity contribution in [3.63, 3.8) is 0 Å². The molecule has 2 heterocycles. The molecular formula is C17H22N2O2S. The number of para-hydroxylation sites is 1. The fourth-order valence-corrected chi connectivity index (χ4v) is 3.90. The molecule has 0 saturated carbocycles. The molecule has 0 bridgehead atoms. The molecule has 1 amide bonds. The minimum Gasteiger partial charge on any atom is -0.459 e. The van der Waals surface area contributed by atoms with Gasteiger partial charge in [-0.2, -0.15) is 11.8 Å². The lowest BCUT2D eigenvalue weighted by Gasteiger charge is -2.23. The van der Waals surface area contributed by atoms with Gasteiger partial charge in [-0.05, 0) is 19.9 Å². The molecule has 2 N–H and O–H groups in total. The number of hydrogen-bond donors (Lipinski definition) is 2. The van der Waals surface area contributed by atoms with Gasteiger partial charge in [0.15, 0.2) is 0 Å². The van der Waals surface area contributed by atoms with E-state index in [1.54, 1.807) is 0 Å². The summed E-state index contributed by atoms with van der Waals surface area (Å²) in [7, 11) is 0. The Bertz CT molecular complexity index is 662. The fraction of sp³-hybridized carbons (Fsp3) is 0.471. The van der Waals surface area contributed by atoms with Crippen LogP contribution in [-0.4, -0.2) is 30.0 Å². The SMILES string of the molecule is Cc1c(C(C)NC(=O)CC2CSCCN2)oc2ccccc12. The van der Waals surface area contributed by atoms with Gasteiger partial charge < -0.3 is 15.1 Å². The molecule has 2 aromatic rings. The Kier molecular flexibility index (Phi) is 4.74. The van der Waals surface area contributed by atoms with E-state index in [-0.39, 0.29) is 18.0 Å². The summed E-state index contributed by atoms with van der Waals surface area (Å²) in [6, 6.07) is 8.15. The molecule has 1 aliphatic heterocycles. The van der Waals surface area contributed by atoms with E-state index in [9.17, 15) is 4.79 Å². The number of hydrogen-bond acceptors (Lipinski definition) is 4. The first-order valence-electron chi connectivity index (χ1n) is 7.73. The Morgan fingerprint density at radius 1 is 1.50 bits per heavy atom. The average Bonchev–Trinajstić information content (AvgIpc) is 2.86. The van der Waals surface area contributed by atoms with Gasteiger partial charge in [0.2, 0.25) is 5.91 Å². The quantitative estimate of drug-likeness (QED) is 0.910. The number of rotatable bonds is 4. The number of amides is 1. The molecule has 1 fully saturated rings. The summed E-state index contributed by atoms with van der Waals surface area (Å²) in [5.74, 6) is 3.06. The van der Waals surface area contributed by atoms with Crippen molar-refractivity contribution >= 4 is 28.6 Å². The monoisotopic (exact) mass is 318 g/mol. The molecule has 0 spiro atoms. The van der Waals surface area contributed by atoms with Crippen molar-refractivity contribution in [3.05, 3.63) is 35.6 Å². The summed E-state index contributed by atoms with van der Waals surface area (Å²) in [4.78, 5) is 12.2. The number of fused-ring (bicyclic) bond motifs is 1. The molecule has 22 heavy (non-hydrogen) atoms. The number of carbonyl (C=O) groups is 1. The minimum absolute atomic E-state index is 0.0763. The van der Waals surface area contributed by atoms with Crippen LogP contribution in [0.3, 0.4) is 0 Å². The molecule has 1 aromatic carbocycles. The molecule has 0 aliphatic carbocycles. The van der Waals surface area contributed by atoms with Crippen LogP contribution in [0, 0.1) is 6.92 Å². The zero-order valence-corrected chi connectivity index (χ0v) is 13.8. The molecule has 1 aliphatic rings. The lowest BCUT2D eigenvalue weighted by atomic mass is 10.1. The van der Waals surface area contributed by atoms with Crippen molar-refractivity contribution < 1.29 is 9.21 Å². The maximum absolute atomic E-state index is 12.2. The lowest BCUT2D eigenvalue weighted by Crippen LogP contribution is -2.41. The Balaban J connectivity index is 1.66. The van der Waals surface area contributed by atoms with Crippen LogP contribution in [0.15, 0.2) is 28.7 Å². The molecule has 3 rings (SSSR count). The van der Waals surface area contributed by atoms with Crippen LogP contribution in [0.25, 0.3) is 11.0 Å². The zero-order valence-electron chi connectivity index (χ0n) is 13.0. The van der Waals surface area contributed by atoms with Gasteiger partial charge in [0.25, 0.3) is 0 Å². The predicted octanol–water partition coefficient (Wildman–Crippen LogP) is 3.01. The molecular weight excluding hydrogens is 296 g/mol. The van der Waals surface area contributed by atoms with Crippen molar-refractivity contribution in [3.8, 4) is 0 Å². The smallest absolute Gasteiger partial charge is 0.222 e. The van der Waals surface area contributed by atoms with Crippen LogP contribution in [0.5, 0.6) is 0 Å². The number of furan rings is 1. The van der Waals surface area contributed by atoms with Crippen LogP contribution in [0.4, 0.5) is 0 Å². The predicted molar refractivity (Wildman–Crippen MR) is 91.2 cm³/mol. The molecule has 0 radical (unpaired) electrons. The standard InChI is InChI=1S/C17H22N2O2S/c1-11-14-5-3-4-6-15(14)21-17(11)12(2)19-16(20)9-13-10-22-8-7-18-13/h3-6,12-13,18H,7-10H2,1-2H3,(H,19,20). The second-order valence-corrected chi connectivity index (χ2v) is 6.96. The van der Waals surface area contributed by atoms with E-state index in [0.29, 0.717) is 6.42 Å². The molecule has 4 nitrogen and oxygen atoms in total. The van der Waals surface area contributed by atoms with E-state index in [1.807, 2.05) is 43.8 Å². The first kappa shape index (κ1) is 15.4.